The molecule has 0 radical (unpaired) electrons. The Morgan fingerprint density at radius 1 is 1.00 bits per heavy atom. The van der Waals surface area contributed by atoms with Crippen molar-refractivity contribution >= 4 is 23.2 Å². The van der Waals surface area contributed by atoms with Crippen LogP contribution in [0.3, 0.4) is 0 Å². The van der Waals surface area contributed by atoms with Gasteiger partial charge in [-0.25, -0.2) is 9.67 Å². The Hall–Kier alpha value is -1.92. The first-order valence-electron chi connectivity index (χ1n) is 7.23. The van der Waals surface area contributed by atoms with Gasteiger partial charge in [-0.05, 0) is 35.4 Å². The summed E-state index contributed by atoms with van der Waals surface area (Å²) in [5.74, 6) is 0. The molecule has 0 aliphatic rings. The molecule has 7 heteroatoms. The van der Waals surface area contributed by atoms with Gasteiger partial charge in [-0.3, -0.25) is 0 Å². The van der Waals surface area contributed by atoms with Gasteiger partial charge in [0.25, 0.3) is 0 Å². The van der Waals surface area contributed by atoms with Crippen molar-refractivity contribution in [1.82, 2.24) is 14.8 Å². The highest BCUT2D eigenvalue weighted by Crippen LogP contribution is 2.37. The third kappa shape index (κ3) is 3.44. The Morgan fingerprint density at radius 2 is 1.58 bits per heavy atom. The van der Waals surface area contributed by atoms with Gasteiger partial charge in [0.15, 0.2) is 0 Å². The lowest BCUT2D eigenvalue weighted by atomic mass is 9.84. The summed E-state index contributed by atoms with van der Waals surface area (Å²) >= 11 is 11.8. The number of hydrogen-bond donors (Lipinski definition) is 2. The molecule has 1 aromatic heterocycles. The summed E-state index contributed by atoms with van der Waals surface area (Å²) in [5, 5.41) is 27.3. The van der Waals surface area contributed by atoms with Gasteiger partial charge in [0.2, 0.25) is 0 Å². The van der Waals surface area contributed by atoms with Crippen molar-refractivity contribution in [1.29, 1.82) is 0 Å². The highest BCUT2D eigenvalue weighted by molar-refractivity contribution is 6.30. The van der Waals surface area contributed by atoms with Crippen LogP contribution in [-0.4, -0.2) is 25.0 Å². The molecule has 0 saturated heterocycles. The summed E-state index contributed by atoms with van der Waals surface area (Å²) in [5.41, 5.74) is -0.562. The molecule has 0 bridgehead atoms. The largest absolute Gasteiger partial charge is 0.385 e. The standard InChI is InChI=1S/C17H15Cl2N3O2/c18-14-5-1-12(2-6-14)16(23)17(24,9-22-11-20-10-21-22)13-3-7-15(19)8-4-13/h1-8,10-11,16,23-24H,9H2/t16?,17-/m1/s1. The molecule has 3 aromatic rings. The number of aromatic nitrogens is 3. The van der Waals surface area contributed by atoms with Crippen molar-refractivity contribution in [3.05, 3.63) is 82.4 Å². The molecule has 5 nitrogen and oxygen atoms in total. The van der Waals surface area contributed by atoms with Crippen LogP contribution in [0.25, 0.3) is 0 Å². The first kappa shape index (κ1) is 16.9. The van der Waals surface area contributed by atoms with E-state index in [-0.39, 0.29) is 6.54 Å². The van der Waals surface area contributed by atoms with Crippen molar-refractivity contribution in [3.63, 3.8) is 0 Å². The van der Waals surface area contributed by atoms with Crippen LogP contribution in [0.1, 0.15) is 17.2 Å². The summed E-state index contributed by atoms with van der Waals surface area (Å²) in [6, 6.07) is 13.4. The van der Waals surface area contributed by atoms with Crippen molar-refractivity contribution in [2.45, 2.75) is 18.2 Å². The van der Waals surface area contributed by atoms with Crippen LogP contribution in [0.2, 0.25) is 10.0 Å². The molecule has 24 heavy (non-hydrogen) atoms. The van der Waals surface area contributed by atoms with Gasteiger partial charge in [0.05, 0.1) is 6.54 Å². The third-order valence-electron chi connectivity index (χ3n) is 3.85. The third-order valence-corrected chi connectivity index (χ3v) is 4.36. The number of aliphatic hydroxyl groups excluding tert-OH is 1. The summed E-state index contributed by atoms with van der Waals surface area (Å²) < 4.78 is 1.47. The quantitative estimate of drug-likeness (QED) is 0.729. The molecule has 0 amide bonds. The second kappa shape index (κ2) is 6.91. The zero-order valence-corrected chi connectivity index (χ0v) is 14.1. The van der Waals surface area contributed by atoms with E-state index in [0.29, 0.717) is 21.2 Å². The van der Waals surface area contributed by atoms with Crippen molar-refractivity contribution in [2.24, 2.45) is 0 Å². The summed E-state index contributed by atoms with van der Waals surface area (Å²) in [6.45, 7) is 0.0262. The SMILES string of the molecule is OC(c1ccc(Cl)cc1)[C@@](O)(Cn1cncn1)c1ccc(Cl)cc1. The minimum Gasteiger partial charge on any atom is -0.385 e. The smallest absolute Gasteiger partial charge is 0.139 e. The molecule has 2 aromatic carbocycles. The average Bonchev–Trinajstić information content (AvgIpc) is 3.08. The van der Waals surface area contributed by atoms with Gasteiger partial charge in [-0.2, -0.15) is 5.10 Å². The van der Waals surface area contributed by atoms with E-state index < -0.39 is 11.7 Å². The molecule has 3 rings (SSSR count). The molecule has 1 heterocycles. The van der Waals surface area contributed by atoms with Gasteiger partial charge >= 0.3 is 0 Å². The second-order valence-corrected chi connectivity index (χ2v) is 6.35. The predicted octanol–water partition coefficient (Wildman–Crippen LogP) is 3.21. The first-order chi connectivity index (χ1) is 11.5. The van der Waals surface area contributed by atoms with Crippen LogP contribution in [0.4, 0.5) is 0 Å². The average molecular weight is 364 g/mol. The lowest BCUT2D eigenvalue weighted by Gasteiger charge is -2.33. The molecule has 0 aliphatic carbocycles. The molecule has 2 N–H and O–H groups in total. The van der Waals surface area contributed by atoms with Crippen LogP contribution < -0.4 is 0 Å². The Bertz CT molecular complexity index is 792. The Kier molecular flexibility index (Phi) is 4.87. The molecule has 0 saturated carbocycles. The summed E-state index contributed by atoms with van der Waals surface area (Å²) in [7, 11) is 0. The lowest BCUT2D eigenvalue weighted by molar-refractivity contribution is -0.0965. The van der Waals surface area contributed by atoms with E-state index in [2.05, 4.69) is 10.1 Å². The molecule has 0 fully saturated rings. The van der Waals surface area contributed by atoms with Crippen LogP contribution in [0.15, 0.2) is 61.2 Å². The van der Waals surface area contributed by atoms with Crippen LogP contribution >= 0.6 is 23.2 Å². The predicted molar refractivity (Wildman–Crippen MR) is 91.8 cm³/mol. The Balaban J connectivity index is 2.03. The summed E-state index contributed by atoms with van der Waals surface area (Å²) in [4.78, 5) is 3.88. The number of nitrogens with zero attached hydrogens (tertiary/aromatic N) is 3. The van der Waals surface area contributed by atoms with Gasteiger partial charge < -0.3 is 10.2 Å². The molecular weight excluding hydrogens is 349 g/mol. The molecule has 1 unspecified atom stereocenters. The maximum absolute atomic E-state index is 11.3. The Labute approximate surface area is 149 Å². The molecule has 0 spiro atoms. The highest BCUT2D eigenvalue weighted by Gasteiger charge is 2.39. The fraction of sp³-hybridized carbons (Fsp3) is 0.176. The minimum absolute atomic E-state index is 0.0262. The fourth-order valence-electron chi connectivity index (χ4n) is 2.56. The van der Waals surface area contributed by atoms with E-state index >= 15 is 0 Å². The van der Waals surface area contributed by atoms with E-state index in [4.69, 9.17) is 23.2 Å². The fourth-order valence-corrected chi connectivity index (χ4v) is 2.81. The van der Waals surface area contributed by atoms with Crippen molar-refractivity contribution in [3.8, 4) is 0 Å². The Morgan fingerprint density at radius 3 is 2.12 bits per heavy atom. The lowest BCUT2D eigenvalue weighted by Crippen LogP contribution is -2.38. The molecule has 124 valence electrons. The monoisotopic (exact) mass is 363 g/mol. The van der Waals surface area contributed by atoms with Crippen LogP contribution in [0.5, 0.6) is 0 Å². The van der Waals surface area contributed by atoms with E-state index in [1.165, 1.54) is 17.3 Å². The normalized spacial score (nSPS) is 15.0. The van der Waals surface area contributed by atoms with Crippen LogP contribution in [0, 0.1) is 0 Å². The van der Waals surface area contributed by atoms with Crippen LogP contribution in [-0.2, 0) is 12.1 Å². The highest BCUT2D eigenvalue weighted by atomic mass is 35.5. The zero-order valence-electron chi connectivity index (χ0n) is 12.5. The molecule has 2 atom stereocenters. The number of rotatable bonds is 5. The van der Waals surface area contributed by atoms with E-state index in [0.717, 1.165) is 0 Å². The van der Waals surface area contributed by atoms with Crippen molar-refractivity contribution < 1.29 is 10.2 Å². The van der Waals surface area contributed by atoms with E-state index in [1.54, 1.807) is 48.5 Å². The van der Waals surface area contributed by atoms with E-state index in [1.807, 2.05) is 0 Å². The van der Waals surface area contributed by atoms with Gasteiger partial charge in [-0.1, -0.05) is 47.5 Å². The number of halogens is 2. The number of hydrogen-bond acceptors (Lipinski definition) is 4. The first-order valence-corrected chi connectivity index (χ1v) is 7.99. The van der Waals surface area contributed by atoms with Crippen molar-refractivity contribution in [2.75, 3.05) is 0 Å². The van der Waals surface area contributed by atoms with Gasteiger partial charge in [-0.15, -0.1) is 0 Å². The van der Waals surface area contributed by atoms with Gasteiger partial charge in [0, 0.05) is 10.0 Å². The number of aliphatic hydroxyl groups is 2. The second-order valence-electron chi connectivity index (χ2n) is 5.48. The maximum atomic E-state index is 11.3. The molecule has 0 aliphatic heterocycles. The minimum atomic E-state index is -1.62. The summed E-state index contributed by atoms with van der Waals surface area (Å²) in [6.07, 6.45) is 1.66. The van der Waals surface area contributed by atoms with Gasteiger partial charge in [0.1, 0.15) is 24.4 Å². The number of benzene rings is 2. The maximum Gasteiger partial charge on any atom is 0.139 e. The zero-order chi connectivity index (χ0) is 17.2. The van der Waals surface area contributed by atoms with E-state index in [9.17, 15) is 10.2 Å². The topological polar surface area (TPSA) is 71.2 Å². The molecular formula is C17H15Cl2N3O2.